The molecule has 1 aliphatic rings. The number of nitrogens with one attached hydrogen (secondary N) is 1. The molecule has 112 valence electrons. The fraction of sp³-hybridized carbons (Fsp3) is 0.714. The number of rotatable bonds is 5. The first-order valence-corrected chi connectivity index (χ1v) is 7.10. The minimum atomic E-state index is -0.532. The predicted octanol–water partition coefficient (Wildman–Crippen LogP) is 0.176. The van der Waals surface area contributed by atoms with Crippen molar-refractivity contribution in [3.05, 3.63) is 32.6 Å². The van der Waals surface area contributed by atoms with Crippen molar-refractivity contribution in [3.63, 3.8) is 0 Å². The van der Waals surface area contributed by atoms with Crippen molar-refractivity contribution in [2.24, 2.45) is 11.8 Å². The molecule has 1 saturated carbocycles. The highest BCUT2D eigenvalue weighted by molar-refractivity contribution is 5.05. The molecule has 6 nitrogen and oxygen atoms in total. The Hall–Kier alpha value is -1.40. The number of aliphatic hydroxyl groups is 2. The molecule has 0 aromatic carbocycles. The summed E-state index contributed by atoms with van der Waals surface area (Å²) in [6.07, 6.45) is 3.16. The first kappa shape index (κ1) is 15.0. The van der Waals surface area contributed by atoms with Crippen molar-refractivity contribution in [1.29, 1.82) is 0 Å². The van der Waals surface area contributed by atoms with Gasteiger partial charge in [-0.2, -0.15) is 0 Å². The van der Waals surface area contributed by atoms with Gasteiger partial charge in [-0.3, -0.25) is 14.3 Å². The number of aliphatic hydroxyl groups excluding tert-OH is 2. The average molecular weight is 282 g/mol. The zero-order chi connectivity index (χ0) is 14.9. The summed E-state index contributed by atoms with van der Waals surface area (Å²) in [7, 11) is 0. The maximum Gasteiger partial charge on any atom is 0.328 e. The van der Waals surface area contributed by atoms with E-state index in [9.17, 15) is 19.8 Å². The highest BCUT2D eigenvalue weighted by Crippen LogP contribution is 2.46. The third-order valence-corrected chi connectivity index (χ3v) is 4.30. The van der Waals surface area contributed by atoms with E-state index in [1.807, 2.05) is 6.92 Å². The molecule has 1 heterocycles. The molecular formula is C14H22N2O4. The van der Waals surface area contributed by atoms with Crippen LogP contribution in [0.1, 0.15) is 37.8 Å². The van der Waals surface area contributed by atoms with Crippen LogP contribution in [0.3, 0.4) is 0 Å². The van der Waals surface area contributed by atoms with Gasteiger partial charge in [0.15, 0.2) is 0 Å². The van der Waals surface area contributed by atoms with E-state index in [2.05, 4.69) is 4.98 Å². The van der Waals surface area contributed by atoms with Gasteiger partial charge in [-0.25, -0.2) is 4.79 Å². The van der Waals surface area contributed by atoms with E-state index in [4.69, 9.17) is 0 Å². The van der Waals surface area contributed by atoms with Gasteiger partial charge in [0, 0.05) is 30.3 Å². The number of H-pyrrole nitrogens is 1. The molecule has 0 aliphatic heterocycles. The molecule has 0 amide bonds. The Balaban J connectivity index is 2.31. The molecule has 4 unspecified atom stereocenters. The highest BCUT2D eigenvalue weighted by atomic mass is 16.3. The number of aryl methyl sites for hydroxylation is 1. The number of aromatic nitrogens is 2. The van der Waals surface area contributed by atoms with Crippen LogP contribution in [0.5, 0.6) is 0 Å². The fourth-order valence-corrected chi connectivity index (χ4v) is 3.13. The number of nitrogens with zero attached hydrogens (tertiary/aromatic N) is 1. The molecule has 2 rings (SSSR count). The summed E-state index contributed by atoms with van der Waals surface area (Å²) in [5.41, 5.74) is -0.355. The lowest BCUT2D eigenvalue weighted by atomic mass is 9.66. The summed E-state index contributed by atoms with van der Waals surface area (Å²) in [5.74, 6) is -0.122. The summed E-state index contributed by atoms with van der Waals surface area (Å²) in [6.45, 7) is 3.65. The van der Waals surface area contributed by atoms with Gasteiger partial charge in [-0.1, -0.05) is 13.3 Å². The monoisotopic (exact) mass is 282 g/mol. The maximum absolute atomic E-state index is 11.9. The maximum atomic E-state index is 11.9. The smallest absolute Gasteiger partial charge is 0.328 e. The molecule has 20 heavy (non-hydrogen) atoms. The predicted molar refractivity (Wildman–Crippen MR) is 74.7 cm³/mol. The summed E-state index contributed by atoms with van der Waals surface area (Å²) >= 11 is 0. The van der Waals surface area contributed by atoms with Crippen LogP contribution in [0, 0.1) is 18.8 Å². The molecule has 0 bridgehead atoms. The van der Waals surface area contributed by atoms with Gasteiger partial charge >= 0.3 is 5.69 Å². The standard InChI is InChI=1S/C14H22N2O4/c1-3-4-11(18)12-9(7-17)5-10(12)16-6-8(2)13(19)15-14(16)20/h6,9-12,17-18H,3-5,7H2,1-2H3,(H,15,19,20). The fourth-order valence-electron chi connectivity index (χ4n) is 3.13. The Morgan fingerprint density at radius 3 is 2.80 bits per heavy atom. The third-order valence-electron chi connectivity index (χ3n) is 4.30. The molecule has 0 spiro atoms. The molecule has 1 aliphatic carbocycles. The van der Waals surface area contributed by atoms with Crippen molar-refractivity contribution in [2.45, 2.75) is 45.3 Å². The minimum Gasteiger partial charge on any atom is -0.396 e. The lowest BCUT2D eigenvalue weighted by Crippen LogP contribution is -2.50. The van der Waals surface area contributed by atoms with Gasteiger partial charge in [-0.15, -0.1) is 0 Å². The van der Waals surface area contributed by atoms with Crippen LogP contribution in [0.15, 0.2) is 15.8 Å². The number of hydrogen-bond acceptors (Lipinski definition) is 4. The van der Waals surface area contributed by atoms with E-state index in [1.54, 1.807) is 13.1 Å². The molecule has 6 heteroatoms. The molecular weight excluding hydrogens is 260 g/mol. The molecule has 1 aromatic rings. The largest absolute Gasteiger partial charge is 0.396 e. The second-order valence-corrected chi connectivity index (χ2v) is 5.66. The van der Waals surface area contributed by atoms with Crippen LogP contribution in [-0.4, -0.2) is 32.5 Å². The van der Waals surface area contributed by atoms with E-state index in [1.165, 1.54) is 4.57 Å². The van der Waals surface area contributed by atoms with Crippen molar-refractivity contribution >= 4 is 0 Å². The number of hydrogen-bond donors (Lipinski definition) is 3. The zero-order valence-electron chi connectivity index (χ0n) is 11.9. The first-order chi connectivity index (χ1) is 9.49. The van der Waals surface area contributed by atoms with Gasteiger partial charge in [0.1, 0.15) is 0 Å². The van der Waals surface area contributed by atoms with Crippen molar-refractivity contribution in [2.75, 3.05) is 6.61 Å². The average Bonchev–Trinajstić information content (AvgIpc) is 2.35. The van der Waals surface area contributed by atoms with Crippen LogP contribution < -0.4 is 11.2 Å². The summed E-state index contributed by atoms with van der Waals surface area (Å²) < 4.78 is 1.49. The Morgan fingerprint density at radius 2 is 2.20 bits per heavy atom. The van der Waals surface area contributed by atoms with Crippen LogP contribution in [0.2, 0.25) is 0 Å². The van der Waals surface area contributed by atoms with Crippen molar-refractivity contribution in [3.8, 4) is 0 Å². The van der Waals surface area contributed by atoms with E-state index in [-0.39, 0.29) is 30.0 Å². The van der Waals surface area contributed by atoms with Gasteiger partial charge in [0.25, 0.3) is 5.56 Å². The van der Waals surface area contributed by atoms with Gasteiger partial charge < -0.3 is 10.2 Å². The summed E-state index contributed by atoms with van der Waals surface area (Å²) in [4.78, 5) is 25.6. The second kappa shape index (κ2) is 5.93. The van der Waals surface area contributed by atoms with Crippen LogP contribution >= 0.6 is 0 Å². The van der Waals surface area contributed by atoms with Crippen LogP contribution in [0.25, 0.3) is 0 Å². The van der Waals surface area contributed by atoms with Gasteiger partial charge in [0.05, 0.1) is 6.10 Å². The molecule has 3 N–H and O–H groups in total. The zero-order valence-corrected chi connectivity index (χ0v) is 11.9. The van der Waals surface area contributed by atoms with Gasteiger partial charge in [0.2, 0.25) is 0 Å². The molecule has 1 aromatic heterocycles. The van der Waals surface area contributed by atoms with Crippen LogP contribution in [-0.2, 0) is 0 Å². The van der Waals surface area contributed by atoms with Gasteiger partial charge in [-0.05, 0) is 25.7 Å². The summed E-state index contributed by atoms with van der Waals surface area (Å²) in [5, 5.41) is 19.6. The van der Waals surface area contributed by atoms with Crippen LogP contribution in [0.4, 0.5) is 0 Å². The lowest BCUT2D eigenvalue weighted by molar-refractivity contribution is -0.0601. The Morgan fingerprint density at radius 1 is 1.50 bits per heavy atom. The van der Waals surface area contributed by atoms with E-state index >= 15 is 0 Å². The second-order valence-electron chi connectivity index (χ2n) is 5.66. The third kappa shape index (κ3) is 2.58. The molecule has 4 atom stereocenters. The minimum absolute atomic E-state index is 0.0129. The normalized spacial score (nSPS) is 27.1. The molecule has 0 radical (unpaired) electrons. The van der Waals surface area contributed by atoms with E-state index < -0.39 is 11.8 Å². The topological polar surface area (TPSA) is 95.3 Å². The highest BCUT2D eigenvalue weighted by Gasteiger charge is 2.45. The molecule has 1 fully saturated rings. The Bertz CT molecular complexity index is 577. The van der Waals surface area contributed by atoms with Crippen molar-refractivity contribution in [1.82, 2.24) is 9.55 Å². The first-order valence-electron chi connectivity index (χ1n) is 7.10. The Kier molecular flexibility index (Phi) is 4.45. The quantitative estimate of drug-likeness (QED) is 0.717. The SMILES string of the molecule is CCCC(O)C1C(CO)CC1n1cc(C)c(=O)[nH]c1=O. The lowest BCUT2D eigenvalue weighted by Gasteiger charge is -2.47. The van der Waals surface area contributed by atoms with Crippen molar-refractivity contribution < 1.29 is 10.2 Å². The Labute approximate surface area is 117 Å². The summed E-state index contributed by atoms with van der Waals surface area (Å²) in [6, 6.07) is -0.156. The molecule has 0 saturated heterocycles. The van der Waals surface area contributed by atoms with E-state index in [0.29, 0.717) is 18.4 Å². The number of aromatic amines is 1. The van der Waals surface area contributed by atoms with E-state index in [0.717, 1.165) is 6.42 Å².